The van der Waals surface area contributed by atoms with Crippen LogP contribution in [-0.4, -0.2) is 16.9 Å². The third-order valence-electron chi connectivity index (χ3n) is 2.37. The second kappa shape index (κ2) is 4.17. The van der Waals surface area contributed by atoms with Crippen LogP contribution in [0.15, 0.2) is 28.7 Å². The van der Waals surface area contributed by atoms with E-state index in [0.717, 1.165) is 21.5 Å². The van der Waals surface area contributed by atoms with Gasteiger partial charge in [0.25, 0.3) is 0 Å². The third kappa shape index (κ3) is 1.78. The lowest BCUT2D eigenvalue weighted by molar-refractivity contribution is 0.415. The van der Waals surface area contributed by atoms with E-state index in [-0.39, 0.29) is 0 Å². The number of hydrogen-bond donors (Lipinski definition) is 1. The molecular formula is C11H12BrN3O. The normalized spacial score (nSPS) is 10.4. The number of nitrogens with zero attached hydrogens (tertiary/aromatic N) is 2. The number of rotatable bonds is 2. The molecule has 0 atom stereocenters. The van der Waals surface area contributed by atoms with Crippen LogP contribution in [0.1, 0.15) is 0 Å². The molecule has 0 aliphatic heterocycles. The smallest absolute Gasteiger partial charge is 0.136 e. The van der Waals surface area contributed by atoms with Gasteiger partial charge in [-0.1, -0.05) is 12.1 Å². The highest BCUT2D eigenvalue weighted by Crippen LogP contribution is 2.32. The standard InChI is InChI=1S/C11H12BrN3O/c1-15-11(13)9(12)10(14-15)7-4-3-5-8(6-7)16-2/h3-6H,13H2,1-2H3. The van der Waals surface area contributed by atoms with Crippen molar-refractivity contribution in [2.75, 3.05) is 12.8 Å². The van der Waals surface area contributed by atoms with Crippen molar-refractivity contribution in [1.82, 2.24) is 9.78 Å². The molecule has 84 valence electrons. The summed E-state index contributed by atoms with van der Waals surface area (Å²) in [4.78, 5) is 0. The zero-order chi connectivity index (χ0) is 11.7. The molecule has 1 heterocycles. The summed E-state index contributed by atoms with van der Waals surface area (Å²) in [7, 11) is 3.45. The molecule has 0 aliphatic carbocycles. The van der Waals surface area contributed by atoms with Gasteiger partial charge in [-0.25, -0.2) is 0 Å². The molecule has 0 amide bonds. The van der Waals surface area contributed by atoms with Crippen molar-refractivity contribution in [3.05, 3.63) is 28.7 Å². The molecule has 0 aliphatic rings. The molecule has 2 N–H and O–H groups in total. The topological polar surface area (TPSA) is 53.1 Å². The first-order valence-electron chi connectivity index (χ1n) is 4.76. The number of benzene rings is 1. The van der Waals surface area contributed by atoms with Crippen LogP contribution < -0.4 is 10.5 Å². The zero-order valence-electron chi connectivity index (χ0n) is 9.07. The molecule has 0 fully saturated rings. The van der Waals surface area contributed by atoms with Crippen molar-refractivity contribution >= 4 is 21.7 Å². The molecule has 16 heavy (non-hydrogen) atoms. The first kappa shape index (κ1) is 11.0. The maximum absolute atomic E-state index is 5.83. The van der Waals surface area contributed by atoms with E-state index in [2.05, 4.69) is 21.0 Å². The summed E-state index contributed by atoms with van der Waals surface area (Å²) in [6, 6.07) is 7.71. The Morgan fingerprint density at radius 1 is 1.44 bits per heavy atom. The summed E-state index contributed by atoms with van der Waals surface area (Å²) in [6.45, 7) is 0. The molecule has 1 aromatic heterocycles. The number of methoxy groups -OCH3 is 1. The molecule has 0 bridgehead atoms. The highest BCUT2D eigenvalue weighted by molar-refractivity contribution is 9.10. The summed E-state index contributed by atoms with van der Waals surface area (Å²) in [6.07, 6.45) is 0. The molecule has 5 heteroatoms. The third-order valence-corrected chi connectivity index (χ3v) is 3.16. The molecule has 1 aromatic carbocycles. The molecular weight excluding hydrogens is 270 g/mol. The lowest BCUT2D eigenvalue weighted by Gasteiger charge is -2.02. The number of nitrogens with two attached hydrogens (primary N) is 1. The van der Waals surface area contributed by atoms with Gasteiger partial charge in [-0.05, 0) is 28.1 Å². The second-order valence-electron chi connectivity index (χ2n) is 3.40. The Hall–Kier alpha value is -1.49. The second-order valence-corrected chi connectivity index (χ2v) is 4.20. The van der Waals surface area contributed by atoms with E-state index in [1.54, 1.807) is 11.8 Å². The van der Waals surface area contributed by atoms with E-state index in [0.29, 0.717) is 5.82 Å². The number of ether oxygens (including phenoxy) is 1. The SMILES string of the molecule is COc1cccc(-c2nn(C)c(N)c2Br)c1. The van der Waals surface area contributed by atoms with Gasteiger partial charge in [-0.15, -0.1) is 0 Å². The van der Waals surface area contributed by atoms with Gasteiger partial charge >= 0.3 is 0 Å². The van der Waals surface area contributed by atoms with Gasteiger partial charge in [-0.3, -0.25) is 4.68 Å². The van der Waals surface area contributed by atoms with Crippen LogP contribution in [0.4, 0.5) is 5.82 Å². The van der Waals surface area contributed by atoms with Crippen LogP contribution in [0.2, 0.25) is 0 Å². The minimum atomic E-state index is 0.609. The molecule has 0 unspecified atom stereocenters. The van der Waals surface area contributed by atoms with Gasteiger partial charge in [0.2, 0.25) is 0 Å². The average Bonchev–Trinajstić information content (AvgIpc) is 2.57. The summed E-state index contributed by atoms with van der Waals surface area (Å²) in [5, 5.41) is 4.34. The number of aryl methyl sites for hydroxylation is 1. The first-order valence-corrected chi connectivity index (χ1v) is 5.55. The predicted molar refractivity (Wildman–Crippen MR) is 67.3 cm³/mol. The predicted octanol–water partition coefficient (Wildman–Crippen LogP) is 2.44. The molecule has 0 spiro atoms. The number of nitrogen functional groups attached to an aromatic ring is 1. The van der Waals surface area contributed by atoms with Crippen LogP contribution in [0, 0.1) is 0 Å². The van der Waals surface area contributed by atoms with Crippen molar-refractivity contribution in [2.24, 2.45) is 7.05 Å². The van der Waals surface area contributed by atoms with E-state index in [4.69, 9.17) is 10.5 Å². The molecule has 0 saturated heterocycles. The van der Waals surface area contributed by atoms with Crippen molar-refractivity contribution in [1.29, 1.82) is 0 Å². The Morgan fingerprint density at radius 2 is 2.19 bits per heavy atom. The highest BCUT2D eigenvalue weighted by atomic mass is 79.9. The zero-order valence-corrected chi connectivity index (χ0v) is 10.7. The van der Waals surface area contributed by atoms with Crippen molar-refractivity contribution < 1.29 is 4.74 Å². The van der Waals surface area contributed by atoms with Gasteiger partial charge in [-0.2, -0.15) is 5.10 Å². The van der Waals surface area contributed by atoms with Gasteiger partial charge in [0, 0.05) is 12.6 Å². The summed E-state index contributed by atoms with van der Waals surface area (Å²) < 4.78 is 7.62. The van der Waals surface area contributed by atoms with Crippen LogP contribution in [0.25, 0.3) is 11.3 Å². The maximum Gasteiger partial charge on any atom is 0.136 e. The monoisotopic (exact) mass is 281 g/mol. The van der Waals surface area contributed by atoms with Gasteiger partial charge in [0.1, 0.15) is 17.3 Å². The summed E-state index contributed by atoms with van der Waals surface area (Å²) in [5.74, 6) is 1.41. The van der Waals surface area contributed by atoms with E-state index in [1.165, 1.54) is 0 Å². The molecule has 2 aromatic rings. The number of halogens is 1. The van der Waals surface area contributed by atoms with E-state index in [1.807, 2.05) is 31.3 Å². The first-order chi connectivity index (χ1) is 7.63. The fourth-order valence-corrected chi connectivity index (χ4v) is 2.03. The van der Waals surface area contributed by atoms with Crippen LogP contribution in [0.3, 0.4) is 0 Å². The molecule has 4 nitrogen and oxygen atoms in total. The quantitative estimate of drug-likeness (QED) is 0.920. The van der Waals surface area contributed by atoms with Crippen LogP contribution in [-0.2, 0) is 7.05 Å². The minimum absolute atomic E-state index is 0.609. The average molecular weight is 282 g/mol. The molecule has 0 radical (unpaired) electrons. The Balaban J connectivity index is 2.54. The molecule has 2 rings (SSSR count). The Bertz CT molecular complexity index is 522. The fourth-order valence-electron chi connectivity index (χ4n) is 1.47. The summed E-state index contributed by atoms with van der Waals surface area (Å²) >= 11 is 3.44. The largest absolute Gasteiger partial charge is 0.497 e. The van der Waals surface area contributed by atoms with E-state index < -0.39 is 0 Å². The van der Waals surface area contributed by atoms with E-state index in [9.17, 15) is 0 Å². The maximum atomic E-state index is 5.83. The van der Waals surface area contributed by atoms with Crippen LogP contribution in [0.5, 0.6) is 5.75 Å². The van der Waals surface area contributed by atoms with Crippen molar-refractivity contribution in [3.8, 4) is 17.0 Å². The van der Waals surface area contributed by atoms with Gasteiger partial charge in [0.15, 0.2) is 0 Å². The minimum Gasteiger partial charge on any atom is -0.497 e. The number of hydrogen-bond acceptors (Lipinski definition) is 3. The van der Waals surface area contributed by atoms with Gasteiger partial charge < -0.3 is 10.5 Å². The lowest BCUT2D eigenvalue weighted by atomic mass is 10.1. The summed E-state index contributed by atoms with van der Waals surface area (Å²) in [5.41, 5.74) is 7.62. The van der Waals surface area contributed by atoms with Crippen molar-refractivity contribution in [3.63, 3.8) is 0 Å². The van der Waals surface area contributed by atoms with Gasteiger partial charge in [0.05, 0.1) is 11.6 Å². The van der Waals surface area contributed by atoms with Crippen LogP contribution >= 0.6 is 15.9 Å². The Labute approximate surface area is 102 Å². The van der Waals surface area contributed by atoms with Crippen molar-refractivity contribution in [2.45, 2.75) is 0 Å². The Morgan fingerprint density at radius 3 is 2.75 bits per heavy atom. The highest BCUT2D eigenvalue weighted by Gasteiger charge is 2.13. The lowest BCUT2D eigenvalue weighted by Crippen LogP contribution is -1.97. The number of anilines is 1. The number of aromatic nitrogens is 2. The Kier molecular flexibility index (Phi) is 2.87. The molecule has 0 saturated carbocycles. The van der Waals surface area contributed by atoms with E-state index >= 15 is 0 Å². The fraction of sp³-hybridized carbons (Fsp3) is 0.182.